The second-order valence-corrected chi connectivity index (χ2v) is 6.94. The molecule has 1 aromatic rings. The molecule has 0 radical (unpaired) electrons. The van der Waals surface area contributed by atoms with Crippen molar-refractivity contribution in [3.63, 3.8) is 0 Å². The summed E-state index contributed by atoms with van der Waals surface area (Å²) in [6.07, 6.45) is 9.12. The maximum Gasteiger partial charge on any atom is 0.157 e. The smallest absolute Gasteiger partial charge is 0.157 e. The van der Waals surface area contributed by atoms with Gasteiger partial charge in [0.05, 0.1) is 6.54 Å². The molecule has 1 N–H and O–H groups in total. The normalized spacial score (nSPS) is 32.9. The van der Waals surface area contributed by atoms with Crippen molar-refractivity contribution in [2.24, 2.45) is 18.0 Å². The second-order valence-electron chi connectivity index (χ2n) is 5.97. The Kier molecular flexibility index (Phi) is 3.56. The molecule has 3 rings (SSSR count). The third kappa shape index (κ3) is 2.81. The van der Waals surface area contributed by atoms with Crippen LogP contribution in [0.15, 0.2) is 17.4 Å². The Morgan fingerprint density at radius 2 is 2.53 bits per heavy atom. The molecule has 1 spiro atoms. The van der Waals surface area contributed by atoms with Gasteiger partial charge in [-0.1, -0.05) is 31.5 Å². The minimum Gasteiger partial charge on any atom is -0.359 e. The molecule has 1 saturated carbocycles. The molecule has 2 heterocycles. The fourth-order valence-electron chi connectivity index (χ4n) is 3.19. The van der Waals surface area contributed by atoms with E-state index in [0.29, 0.717) is 12.1 Å². The lowest BCUT2D eigenvalue weighted by atomic mass is 9.78. The lowest BCUT2D eigenvalue weighted by Gasteiger charge is -2.36. The summed E-state index contributed by atoms with van der Waals surface area (Å²) in [7, 11) is 2.02. The van der Waals surface area contributed by atoms with Crippen molar-refractivity contribution in [2.75, 3.05) is 5.75 Å². The van der Waals surface area contributed by atoms with Crippen LogP contribution in [0.1, 0.15) is 38.4 Å². The molecule has 2 fully saturated rings. The summed E-state index contributed by atoms with van der Waals surface area (Å²) in [6, 6.07) is 0. The van der Waals surface area contributed by atoms with Crippen LogP contribution in [0.4, 0.5) is 0 Å². The van der Waals surface area contributed by atoms with Crippen LogP contribution >= 0.6 is 11.8 Å². The molecule has 5 heteroatoms. The molecule has 2 aliphatic rings. The summed E-state index contributed by atoms with van der Waals surface area (Å²) in [5, 5.41) is 4.80. The number of rotatable bonds is 2. The Hall–Kier alpha value is -0.970. The van der Waals surface area contributed by atoms with Crippen LogP contribution in [0.3, 0.4) is 0 Å². The minimum atomic E-state index is 0.322. The van der Waals surface area contributed by atoms with E-state index in [1.54, 1.807) is 0 Å². The van der Waals surface area contributed by atoms with Gasteiger partial charge in [0.15, 0.2) is 5.17 Å². The van der Waals surface area contributed by atoms with E-state index < -0.39 is 0 Å². The Morgan fingerprint density at radius 3 is 3.26 bits per heavy atom. The zero-order valence-corrected chi connectivity index (χ0v) is 12.5. The number of aliphatic imine (C=N–C) groups is 1. The van der Waals surface area contributed by atoms with Crippen LogP contribution in [-0.4, -0.2) is 26.0 Å². The van der Waals surface area contributed by atoms with Gasteiger partial charge < -0.3 is 9.88 Å². The molecule has 104 valence electrons. The fraction of sp³-hybridized carbons (Fsp3) is 0.714. The van der Waals surface area contributed by atoms with Gasteiger partial charge in [-0.2, -0.15) is 0 Å². The largest absolute Gasteiger partial charge is 0.359 e. The van der Waals surface area contributed by atoms with Crippen LogP contribution in [-0.2, 0) is 13.6 Å². The van der Waals surface area contributed by atoms with E-state index >= 15 is 0 Å². The molecule has 1 aliphatic carbocycles. The van der Waals surface area contributed by atoms with Gasteiger partial charge in [-0.15, -0.1) is 0 Å². The maximum atomic E-state index is 4.69. The molecule has 0 amide bonds. The van der Waals surface area contributed by atoms with Gasteiger partial charge in [0.25, 0.3) is 0 Å². The predicted molar refractivity (Wildman–Crippen MR) is 80.3 cm³/mol. The highest BCUT2D eigenvalue weighted by atomic mass is 32.2. The van der Waals surface area contributed by atoms with E-state index in [4.69, 9.17) is 0 Å². The summed E-state index contributed by atoms with van der Waals surface area (Å²) >= 11 is 1.88. The molecule has 0 aromatic carbocycles. The number of nitrogens with zero attached hydrogens (tertiary/aromatic N) is 3. The van der Waals surface area contributed by atoms with Crippen LogP contribution in [0.5, 0.6) is 0 Å². The highest BCUT2D eigenvalue weighted by molar-refractivity contribution is 8.14. The molecule has 19 heavy (non-hydrogen) atoms. The zero-order valence-electron chi connectivity index (χ0n) is 11.7. The second kappa shape index (κ2) is 5.19. The summed E-state index contributed by atoms with van der Waals surface area (Å²) in [4.78, 5) is 9.00. The number of thioether (sulfide) groups is 1. The summed E-state index contributed by atoms with van der Waals surface area (Å²) in [5.41, 5.74) is 0.322. The fourth-order valence-corrected chi connectivity index (χ4v) is 4.38. The highest BCUT2D eigenvalue weighted by Crippen LogP contribution is 2.38. The number of amidine groups is 1. The minimum absolute atomic E-state index is 0.322. The van der Waals surface area contributed by atoms with Crippen molar-refractivity contribution in [1.82, 2.24) is 14.9 Å². The lowest BCUT2D eigenvalue weighted by Crippen LogP contribution is -2.47. The van der Waals surface area contributed by atoms with Crippen molar-refractivity contribution >= 4 is 16.9 Å². The van der Waals surface area contributed by atoms with Gasteiger partial charge in [0.2, 0.25) is 0 Å². The molecule has 1 aromatic heterocycles. The van der Waals surface area contributed by atoms with Gasteiger partial charge in [0, 0.05) is 30.7 Å². The van der Waals surface area contributed by atoms with E-state index in [2.05, 4.69) is 22.2 Å². The number of hydrogen-bond acceptors (Lipinski definition) is 3. The van der Waals surface area contributed by atoms with Gasteiger partial charge in [0.1, 0.15) is 5.82 Å². The summed E-state index contributed by atoms with van der Waals surface area (Å²) in [6.45, 7) is 3.04. The molecular formula is C14H22N4S. The molecule has 2 atom stereocenters. The summed E-state index contributed by atoms with van der Waals surface area (Å²) in [5.74, 6) is 3.04. The Bertz CT molecular complexity index is 482. The average molecular weight is 278 g/mol. The molecule has 0 bridgehead atoms. The Labute approximate surface area is 119 Å². The van der Waals surface area contributed by atoms with Crippen molar-refractivity contribution in [1.29, 1.82) is 0 Å². The zero-order chi connectivity index (χ0) is 13.3. The number of imidazole rings is 1. The van der Waals surface area contributed by atoms with Gasteiger partial charge in [-0.05, 0) is 18.8 Å². The van der Waals surface area contributed by atoms with Crippen LogP contribution < -0.4 is 5.32 Å². The number of aryl methyl sites for hydroxylation is 1. The van der Waals surface area contributed by atoms with E-state index in [1.807, 2.05) is 35.8 Å². The van der Waals surface area contributed by atoms with Gasteiger partial charge in [-0.3, -0.25) is 4.99 Å². The number of aromatic nitrogens is 2. The molecule has 1 saturated heterocycles. The molecule has 2 unspecified atom stereocenters. The predicted octanol–water partition coefficient (Wildman–Crippen LogP) is 2.56. The van der Waals surface area contributed by atoms with Crippen LogP contribution in [0, 0.1) is 5.92 Å². The molecule has 4 nitrogen and oxygen atoms in total. The Balaban J connectivity index is 1.64. The van der Waals surface area contributed by atoms with Crippen molar-refractivity contribution in [3.05, 3.63) is 18.2 Å². The third-order valence-electron chi connectivity index (χ3n) is 4.23. The first-order chi connectivity index (χ1) is 9.17. The standard InChI is InChI=1S/C14H22N4S/c1-11-4-3-5-14(8-11)10-19-13(17-14)16-9-12-15-6-7-18(12)2/h6-7,11H,3-5,8-10H2,1-2H3,(H,16,17). The monoisotopic (exact) mass is 278 g/mol. The van der Waals surface area contributed by atoms with Crippen LogP contribution in [0.25, 0.3) is 0 Å². The summed E-state index contributed by atoms with van der Waals surface area (Å²) < 4.78 is 2.03. The topological polar surface area (TPSA) is 42.2 Å². The van der Waals surface area contributed by atoms with E-state index in [0.717, 1.165) is 16.9 Å². The van der Waals surface area contributed by atoms with E-state index in [9.17, 15) is 0 Å². The molecule has 1 aliphatic heterocycles. The van der Waals surface area contributed by atoms with E-state index in [1.165, 1.54) is 31.4 Å². The van der Waals surface area contributed by atoms with Crippen molar-refractivity contribution in [3.8, 4) is 0 Å². The maximum absolute atomic E-state index is 4.69. The first-order valence-electron chi connectivity index (χ1n) is 7.08. The van der Waals surface area contributed by atoms with Gasteiger partial charge >= 0.3 is 0 Å². The lowest BCUT2D eigenvalue weighted by molar-refractivity contribution is 0.242. The van der Waals surface area contributed by atoms with Crippen LogP contribution in [0.2, 0.25) is 0 Å². The third-order valence-corrected chi connectivity index (χ3v) is 5.44. The van der Waals surface area contributed by atoms with E-state index in [-0.39, 0.29) is 0 Å². The van der Waals surface area contributed by atoms with Gasteiger partial charge in [-0.25, -0.2) is 4.98 Å². The SMILES string of the molecule is CC1CCCC2(CSC(=NCc3nccn3C)N2)C1. The van der Waals surface area contributed by atoms with Crippen molar-refractivity contribution in [2.45, 2.75) is 44.7 Å². The number of nitrogens with one attached hydrogen (secondary N) is 1. The molecular weight excluding hydrogens is 256 g/mol. The first-order valence-corrected chi connectivity index (χ1v) is 8.07. The van der Waals surface area contributed by atoms with Crippen molar-refractivity contribution < 1.29 is 0 Å². The highest BCUT2D eigenvalue weighted by Gasteiger charge is 2.40. The quantitative estimate of drug-likeness (QED) is 0.904. The Morgan fingerprint density at radius 1 is 1.63 bits per heavy atom. The number of hydrogen-bond donors (Lipinski definition) is 1. The average Bonchev–Trinajstić information content (AvgIpc) is 2.94. The first kappa shape index (κ1) is 13.0.